The van der Waals surface area contributed by atoms with Crippen molar-refractivity contribution >= 4 is 55.3 Å². The Bertz CT molecular complexity index is 2750. The number of rotatable bonds is 4. The van der Waals surface area contributed by atoms with E-state index in [2.05, 4.69) is 187 Å². The van der Waals surface area contributed by atoms with Gasteiger partial charge in [-0.3, -0.25) is 0 Å². The molecule has 1 aliphatic rings. The van der Waals surface area contributed by atoms with Crippen molar-refractivity contribution in [1.82, 2.24) is 4.98 Å². The number of para-hydroxylation sites is 3. The van der Waals surface area contributed by atoms with Crippen LogP contribution in [0.1, 0.15) is 36.1 Å². The van der Waals surface area contributed by atoms with Crippen molar-refractivity contribution in [2.24, 2.45) is 5.73 Å². The fourth-order valence-corrected chi connectivity index (χ4v) is 8.11. The predicted octanol–water partition coefficient (Wildman–Crippen LogP) is 12.7. The van der Waals surface area contributed by atoms with Gasteiger partial charge in [0.2, 0.25) is 0 Å². The largest absolute Gasteiger partial charge is 0.398 e. The lowest BCUT2D eigenvalue weighted by molar-refractivity contribution is 0.632. The van der Waals surface area contributed by atoms with Crippen LogP contribution in [0.4, 0.5) is 22.7 Å². The fraction of sp³-hybridized carbons (Fsp3) is 0.0980. The first-order valence-electron chi connectivity index (χ1n) is 18.9. The van der Waals surface area contributed by atoms with Gasteiger partial charge in [-0.05, 0) is 106 Å². The van der Waals surface area contributed by atoms with E-state index >= 15 is 0 Å². The van der Waals surface area contributed by atoms with Gasteiger partial charge >= 0.3 is 0 Å². The number of nitrogen functional groups attached to an aromatic ring is 1. The molecule has 9 aromatic rings. The Morgan fingerprint density at radius 1 is 0.527 bits per heavy atom. The Balaban J connectivity index is 0.000000225. The van der Waals surface area contributed by atoms with Crippen molar-refractivity contribution in [2.75, 3.05) is 17.7 Å². The van der Waals surface area contributed by atoms with E-state index in [1.165, 1.54) is 90.1 Å². The smallest absolute Gasteiger partial charge is 0.0503 e. The van der Waals surface area contributed by atoms with E-state index < -0.39 is 0 Å². The average Bonchev–Trinajstić information content (AvgIpc) is 3.62. The second-order valence-electron chi connectivity index (χ2n) is 14.5. The van der Waals surface area contributed by atoms with E-state index in [4.69, 9.17) is 5.73 Å². The minimum atomic E-state index is -0.128. The summed E-state index contributed by atoms with van der Waals surface area (Å²) < 4.78 is 0. The summed E-state index contributed by atoms with van der Waals surface area (Å²) in [5, 5.41) is 5.14. The number of aromatic nitrogens is 1. The molecule has 0 fully saturated rings. The van der Waals surface area contributed by atoms with E-state index in [9.17, 15) is 0 Å². The summed E-state index contributed by atoms with van der Waals surface area (Å²) >= 11 is 0. The first-order chi connectivity index (χ1) is 27.0. The maximum absolute atomic E-state index is 5.87. The van der Waals surface area contributed by atoms with Crippen LogP contribution in [0.25, 0.3) is 43.7 Å². The normalized spacial score (nSPS) is 12.6. The molecule has 4 nitrogen and oxygen atoms in total. The molecule has 10 rings (SSSR count). The molecule has 0 unspecified atom stereocenters. The van der Waals surface area contributed by atoms with E-state index in [-0.39, 0.29) is 5.41 Å². The number of nitrogens with two attached hydrogens (primary N) is 2. The van der Waals surface area contributed by atoms with Crippen LogP contribution in [0.2, 0.25) is 0 Å². The van der Waals surface area contributed by atoms with Gasteiger partial charge in [0.1, 0.15) is 0 Å². The molecule has 5 N–H and O–H groups in total. The van der Waals surface area contributed by atoms with Crippen molar-refractivity contribution in [3.63, 3.8) is 0 Å². The molecule has 4 heteroatoms. The molecule has 0 saturated carbocycles. The molecule has 0 spiro atoms. The summed E-state index contributed by atoms with van der Waals surface area (Å²) in [6.45, 7) is 4.70. The number of hydrogen-bond acceptors (Lipinski definition) is 3. The third-order valence-corrected chi connectivity index (χ3v) is 10.9. The summed E-state index contributed by atoms with van der Waals surface area (Å²) in [5.74, 6) is 0. The molecular weight excluding hydrogens is 669 g/mol. The highest BCUT2D eigenvalue weighted by Crippen LogP contribution is 2.52. The summed E-state index contributed by atoms with van der Waals surface area (Å²) in [6, 6.07) is 64.8. The Morgan fingerprint density at radius 2 is 1.16 bits per heavy atom. The molecule has 0 atom stereocenters. The van der Waals surface area contributed by atoms with Crippen LogP contribution in [0.3, 0.4) is 0 Å². The Morgan fingerprint density at radius 3 is 1.96 bits per heavy atom. The number of hydrogen-bond donors (Lipinski definition) is 3. The van der Waals surface area contributed by atoms with E-state index in [0.717, 1.165) is 12.1 Å². The molecule has 55 heavy (non-hydrogen) atoms. The number of nitrogens with zero attached hydrogens (tertiary/aromatic N) is 1. The fourth-order valence-electron chi connectivity index (χ4n) is 8.11. The van der Waals surface area contributed by atoms with Crippen molar-refractivity contribution in [2.45, 2.75) is 25.7 Å². The van der Waals surface area contributed by atoms with Crippen molar-refractivity contribution in [3.05, 3.63) is 204 Å². The minimum Gasteiger partial charge on any atom is -0.398 e. The number of anilines is 4. The summed E-state index contributed by atoms with van der Waals surface area (Å²) in [4.78, 5) is 6.10. The topological polar surface area (TPSA) is 71.1 Å². The highest BCUT2D eigenvalue weighted by Gasteiger charge is 2.36. The third kappa shape index (κ3) is 6.62. The van der Waals surface area contributed by atoms with Crippen molar-refractivity contribution in [3.8, 4) is 11.1 Å². The first kappa shape index (κ1) is 35.4. The zero-order valence-electron chi connectivity index (χ0n) is 31.6. The molecular formula is C51H46N4. The van der Waals surface area contributed by atoms with Crippen LogP contribution in [0.15, 0.2) is 182 Å². The number of H-pyrrole nitrogens is 1. The van der Waals surface area contributed by atoms with Crippen LogP contribution in [0, 0.1) is 0 Å². The van der Waals surface area contributed by atoms with Crippen LogP contribution in [-0.2, 0) is 11.8 Å². The predicted molar refractivity (Wildman–Crippen MR) is 236 cm³/mol. The summed E-state index contributed by atoms with van der Waals surface area (Å²) in [7, 11) is 1.50. The SMILES string of the molecule is CC1(C)c2ccccc2N(c2ccccc2)c2ccc(-c3ccc4c(c3)[nH]c3ccc5ccccc5c34)cc21.CN.Nc1ccccc1Cc1ccccc1. The maximum atomic E-state index is 5.87. The molecule has 0 saturated heterocycles. The molecule has 2 heterocycles. The van der Waals surface area contributed by atoms with Gasteiger partial charge in [0.25, 0.3) is 0 Å². The lowest BCUT2D eigenvalue weighted by Crippen LogP contribution is -2.30. The Labute approximate surface area is 323 Å². The molecule has 1 aromatic heterocycles. The lowest BCUT2D eigenvalue weighted by atomic mass is 9.73. The quantitative estimate of drug-likeness (QED) is 0.159. The molecule has 0 aliphatic carbocycles. The maximum Gasteiger partial charge on any atom is 0.0503 e. The van der Waals surface area contributed by atoms with Gasteiger partial charge in [0.15, 0.2) is 0 Å². The summed E-state index contributed by atoms with van der Waals surface area (Å²) in [5.41, 5.74) is 24.8. The van der Waals surface area contributed by atoms with Gasteiger partial charge in [-0.15, -0.1) is 0 Å². The van der Waals surface area contributed by atoms with Crippen LogP contribution >= 0.6 is 0 Å². The minimum absolute atomic E-state index is 0.128. The van der Waals surface area contributed by atoms with Gasteiger partial charge in [-0.2, -0.15) is 0 Å². The highest BCUT2D eigenvalue weighted by molar-refractivity contribution is 6.20. The van der Waals surface area contributed by atoms with Gasteiger partial charge in [-0.1, -0.05) is 147 Å². The van der Waals surface area contributed by atoms with Gasteiger partial charge < -0.3 is 21.4 Å². The van der Waals surface area contributed by atoms with E-state index in [0.29, 0.717) is 0 Å². The van der Waals surface area contributed by atoms with Gasteiger partial charge in [0, 0.05) is 38.6 Å². The van der Waals surface area contributed by atoms with Crippen molar-refractivity contribution < 1.29 is 0 Å². The van der Waals surface area contributed by atoms with Crippen LogP contribution in [0.5, 0.6) is 0 Å². The molecule has 0 radical (unpaired) electrons. The lowest BCUT2D eigenvalue weighted by Gasteiger charge is -2.42. The zero-order valence-corrected chi connectivity index (χ0v) is 31.6. The molecule has 0 bridgehead atoms. The number of benzene rings is 8. The second-order valence-corrected chi connectivity index (χ2v) is 14.5. The first-order valence-corrected chi connectivity index (χ1v) is 18.9. The van der Waals surface area contributed by atoms with Gasteiger partial charge in [-0.25, -0.2) is 0 Å². The van der Waals surface area contributed by atoms with Crippen molar-refractivity contribution in [1.29, 1.82) is 0 Å². The van der Waals surface area contributed by atoms with E-state index in [1.807, 2.05) is 24.3 Å². The number of aromatic amines is 1. The Kier molecular flexibility index (Phi) is 9.67. The average molecular weight is 715 g/mol. The van der Waals surface area contributed by atoms with E-state index in [1.54, 1.807) is 0 Å². The molecule has 270 valence electrons. The Hall–Kier alpha value is -6.62. The number of nitrogens with one attached hydrogen (secondary N) is 1. The summed E-state index contributed by atoms with van der Waals surface area (Å²) in [6.07, 6.45) is 0.910. The molecule has 8 aromatic carbocycles. The van der Waals surface area contributed by atoms with Gasteiger partial charge in [0.05, 0.1) is 11.4 Å². The highest BCUT2D eigenvalue weighted by atomic mass is 15.2. The van der Waals surface area contributed by atoms with Crippen LogP contribution < -0.4 is 16.4 Å². The zero-order chi connectivity index (χ0) is 37.9. The monoisotopic (exact) mass is 714 g/mol. The second kappa shape index (κ2) is 15.0. The molecule has 1 aliphatic heterocycles. The standard InChI is InChI=1S/C37H28N2.C13H13N.CH5N/c1-37(2)30-14-8-9-15-34(30)39(27-11-4-3-5-12-27)35-21-18-25(22-31(35)37)26-16-19-29-33(23-26)38-32-20-17-24-10-6-7-13-28(24)36(29)32;14-13-9-5-4-8-12(13)10-11-6-2-1-3-7-11;1-2/h3-23,38H,1-2H3;1-9H,10,14H2;2H2,1H3. The number of fused-ring (bicyclic) bond motifs is 7. The van der Waals surface area contributed by atoms with Crippen LogP contribution in [-0.4, -0.2) is 12.0 Å². The molecule has 0 amide bonds. The third-order valence-electron chi connectivity index (χ3n) is 10.9.